The van der Waals surface area contributed by atoms with E-state index in [0.29, 0.717) is 18.2 Å². The number of halogens is 1. The lowest BCUT2D eigenvalue weighted by Gasteiger charge is -2.13. The van der Waals surface area contributed by atoms with Gasteiger partial charge < -0.3 is 15.2 Å². The van der Waals surface area contributed by atoms with E-state index < -0.39 is 5.97 Å². The third-order valence-electron chi connectivity index (χ3n) is 2.93. The molecule has 0 amide bonds. The maximum Gasteiger partial charge on any atom is 0.335 e. The Bertz CT molecular complexity index is 626. The predicted octanol–water partition coefficient (Wildman–Crippen LogP) is 4.05. The third-order valence-corrected chi connectivity index (χ3v) is 3.16. The van der Waals surface area contributed by atoms with Gasteiger partial charge in [-0.05, 0) is 42.8 Å². The van der Waals surface area contributed by atoms with E-state index in [4.69, 9.17) is 21.4 Å². The molecule has 5 heteroatoms. The van der Waals surface area contributed by atoms with Crippen molar-refractivity contribution >= 4 is 23.3 Å². The number of carboxylic acid groups (broad SMARTS) is 1. The van der Waals surface area contributed by atoms with Gasteiger partial charge in [-0.3, -0.25) is 0 Å². The van der Waals surface area contributed by atoms with Crippen molar-refractivity contribution in [2.24, 2.45) is 0 Å². The first-order valence-electron chi connectivity index (χ1n) is 6.58. The minimum absolute atomic E-state index is 0.275. The first kappa shape index (κ1) is 15.2. The standard InChI is InChI=1S/C16H16ClNO3/c1-2-21-15-8-7-13(17)9-14(15)18-10-11-3-5-12(6-4-11)16(19)20/h3-9,18H,2,10H2,1H3,(H,19,20). The Hall–Kier alpha value is -2.20. The van der Waals surface area contributed by atoms with Crippen LogP contribution < -0.4 is 10.1 Å². The fourth-order valence-corrected chi connectivity index (χ4v) is 2.06. The van der Waals surface area contributed by atoms with Crippen molar-refractivity contribution in [2.45, 2.75) is 13.5 Å². The lowest BCUT2D eigenvalue weighted by molar-refractivity contribution is 0.0697. The number of carboxylic acids is 1. The number of benzene rings is 2. The number of anilines is 1. The fourth-order valence-electron chi connectivity index (χ4n) is 1.88. The molecule has 0 atom stereocenters. The summed E-state index contributed by atoms with van der Waals surface area (Å²) in [5.41, 5.74) is 2.06. The molecule has 0 aromatic heterocycles. The Morgan fingerprint density at radius 3 is 2.57 bits per heavy atom. The van der Waals surface area contributed by atoms with Gasteiger partial charge in [-0.1, -0.05) is 23.7 Å². The summed E-state index contributed by atoms with van der Waals surface area (Å²) in [7, 11) is 0. The predicted molar refractivity (Wildman–Crippen MR) is 83.3 cm³/mol. The number of hydrogen-bond donors (Lipinski definition) is 2. The average molecular weight is 306 g/mol. The van der Waals surface area contributed by atoms with Crippen molar-refractivity contribution in [2.75, 3.05) is 11.9 Å². The van der Waals surface area contributed by atoms with Crippen LogP contribution in [0.5, 0.6) is 5.75 Å². The lowest BCUT2D eigenvalue weighted by Crippen LogP contribution is -2.03. The Morgan fingerprint density at radius 1 is 1.24 bits per heavy atom. The number of nitrogens with one attached hydrogen (secondary N) is 1. The maximum absolute atomic E-state index is 10.8. The van der Waals surface area contributed by atoms with Crippen LogP contribution in [0.1, 0.15) is 22.8 Å². The highest BCUT2D eigenvalue weighted by Crippen LogP contribution is 2.28. The van der Waals surface area contributed by atoms with Gasteiger partial charge >= 0.3 is 5.97 Å². The van der Waals surface area contributed by atoms with Crippen molar-refractivity contribution in [3.8, 4) is 5.75 Å². The van der Waals surface area contributed by atoms with E-state index >= 15 is 0 Å². The topological polar surface area (TPSA) is 58.6 Å². The molecule has 0 bridgehead atoms. The smallest absolute Gasteiger partial charge is 0.335 e. The summed E-state index contributed by atoms with van der Waals surface area (Å²) in [6.45, 7) is 3.05. The summed E-state index contributed by atoms with van der Waals surface area (Å²) in [4.78, 5) is 10.8. The van der Waals surface area contributed by atoms with Crippen molar-refractivity contribution < 1.29 is 14.6 Å². The first-order chi connectivity index (χ1) is 10.1. The molecule has 4 nitrogen and oxygen atoms in total. The lowest BCUT2D eigenvalue weighted by atomic mass is 10.1. The Morgan fingerprint density at radius 2 is 1.95 bits per heavy atom. The highest BCUT2D eigenvalue weighted by molar-refractivity contribution is 6.30. The van der Waals surface area contributed by atoms with E-state index in [1.54, 1.807) is 36.4 Å². The first-order valence-corrected chi connectivity index (χ1v) is 6.96. The number of hydrogen-bond acceptors (Lipinski definition) is 3. The highest BCUT2D eigenvalue weighted by atomic mass is 35.5. The second kappa shape index (κ2) is 6.99. The molecule has 0 radical (unpaired) electrons. The van der Waals surface area contributed by atoms with Crippen LogP contribution in [0.4, 0.5) is 5.69 Å². The molecule has 2 aromatic rings. The summed E-state index contributed by atoms with van der Waals surface area (Å²) in [6, 6.07) is 12.1. The van der Waals surface area contributed by atoms with Gasteiger partial charge in [-0.15, -0.1) is 0 Å². The Labute approximate surface area is 128 Å². The zero-order chi connectivity index (χ0) is 15.2. The van der Waals surface area contributed by atoms with Gasteiger partial charge in [0.25, 0.3) is 0 Å². The Balaban J connectivity index is 2.08. The molecule has 0 aliphatic rings. The SMILES string of the molecule is CCOc1ccc(Cl)cc1NCc1ccc(C(=O)O)cc1. The molecule has 0 aliphatic carbocycles. The average Bonchev–Trinajstić information content (AvgIpc) is 2.48. The molecule has 0 saturated heterocycles. The molecule has 110 valence electrons. The van der Waals surface area contributed by atoms with Crippen LogP contribution in [-0.2, 0) is 6.54 Å². The largest absolute Gasteiger partial charge is 0.492 e. The van der Waals surface area contributed by atoms with Crippen LogP contribution in [0, 0.1) is 0 Å². The minimum Gasteiger partial charge on any atom is -0.492 e. The van der Waals surface area contributed by atoms with Crippen molar-refractivity contribution in [3.63, 3.8) is 0 Å². The summed E-state index contributed by atoms with van der Waals surface area (Å²) >= 11 is 5.99. The van der Waals surface area contributed by atoms with E-state index in [1.807, 2.05) is 13.0 Å². The Kier molecular flexibility index (Phi) is 5.06. The quantitative estimate of drug-likeness (QED) is 0.845. The van der Waals surface area contributed by atoms with Crippen molar-refractivity contribution in [3.05, 3.63) is 58.6 Å². The van der Waals surface area contributed by atoms with Crippen molar-refractivity contribution in [1.82, 2.24) is 0 Å². The van der Waals surface area contributed by atoms with Gasteiger partial charge in [0.05, 0.1) is 17.9 Å². The molecule has 0 spiro atoms. The van der Waals surface area contributed by atoms with Gasteiger partial charge in [0.1, 0.15) is 5.75 Å². The maximum atomic E-state index is 10.8. The van der Waals surface area contributed by atoms with Gasteiger partial charge in [0, 0.05) is 11.6 Å². The zero-order valence-electron chi connectivity index (χ0n) is 11.6. The monoisotopic (exact) mass is 305 g/mol. The highest BCUT2D eigenvalue weighted by Gasteiger charge is 2.05. The molecule has 0 aliphatic heterocycles. The van der Waals surface area contributed by atoms with Crippen LogP contribution in [0.15, 0.2) is 42.5 Å². The van der Waals surface area contributed by atoms with E-state index in [1.165, 1.54) is 0 Å². The molecule has 2 N–H and O–H groups in total. The van der Waals surface area contributed by atoms with E-state index in [0.717, 1.165) is 17.0 Å². The fraction of sp³-hybridized carbons (Fsp3) is 0.188. The van der Waals surface area contributed by atoms with Crippen LogP contribution in [-0.4, -0.2) is 17.7 Å². The number of ether oxygens (including phenoxy) is 1. The molecule has 21 heavy (non-hydrogen) atoms. The van der Waals surface area contributed by atoms with Gasteiger partial charge in [0.2, 0.25) is 0 Å². The molecule has 0 unspecified atom stereocenters. The number of rotatable bonds is 6. The van der Waals surface area contributed by atoms with E-state index in [9.17, 15) is 4.79 Å². The molecular formula is C16H16ClNO3. The molecular weight excluding hydrogens is 290 g/mol. The van der Waals surface area contributed by atoms with Crippen LogP contribution in [0.2, 0.25) is 5.02 Å². The summed E-state index contributed by atoms with van der Waals surface area (Å²) < 4.78 is 5.53. The van der Waals surface area contributed by atoms with Crippen LogP contribution in [0.25, 0.3) is 0 Å². The zero-order valence-corrected chi connectivity index (χ0v) is 12.4. The van der Waals surface area contributed by atoms with E-state index in [2.05, 4.69) is 5.32 Å². The second-order valence-corrected chi connectivity index (χ2v) is 4.87. The van der Waals surface area contributed by atoms with Crippen LogP contribution in [0.3, 0.4) is 0 Å². The van der Waals surface area contributed by atoms with E-state index in [-0.39, 0.29) is 5.56 Å². The van der Waals surface area contributed by atoms with Crippen molar-refractivity contribution in [1.29, 1.82) is 0 Å². The summed E-state index contributed by atoms with van der Waals surface area (Å²) in [5.74, 6) is -0.188. The second-order valence-electron chi connectivity index (χ2n) is 4.43. The molecule has 0 fully saturated rings. The van der Waals surface area contributed by atoms with Gasteiger partial charge in [-0.2, -0.15) is 0 Å². The van der Waals surface area contributed by atoms with Gasteiger partial charge in [0.15, 0.2) is 0 Å². The minimum atomic E-state index is -0.928. The normalized spacial score (nSPS) is 10.2. The van der Waals surface area contributed by atoms with Gasteiger partial charge in [-0.25, -0.2) is 4.79 Å². The molecule has 0 heterocycles. The summed E-state index contributed by atoms with van der Waals surface area (Å²) in [6.07, 6.45) is 0. The molecule has 0 saturated carbocycles. The van der Waals surface area contributed by atoms with Crippen LogP contribution >= 0.6 is 11.6 Å². The number of carbonyl (C=O) groups is 1. The molecule has 2 aromatic carbocycles. The molecule has 2 rings (SSSR count). The number of aromatic carboxylic acids is 1. The summed E-state index contributed by atoms with van der Waals surface area (Å²) in [5, 5.41) is 12.7. The third kappa shape index (κ3) is 4.13.